The molecular weight excluding hydrogens is 411 g/mol. The normalized spacial score (nSPS) is 12.7. The Hall–Kier alpha value is -4.01. The molecule has 2 heterocycles. The van der Waals surface area contributed by atoms with Gasteiger partial charge < -0.3 is 19.8 Å². The first-order valence-corrected chi connectivity index (χ1v) is 9.34. The first-order chi connectivity index (χ1) is 15.0. The predicted molar refractivity (Wildman–Crippen MR) is 107 cm³/mol. The number of aromatic nitrogens is 2. The zero-order valence-electron chi connectivity index (χ0n) is 15.8. The van der Waals surface area contributed by atoms with Crippen molar-refractivity contribution in [3.05, 3.63) is 71.5 Å². The minimum atomic E-state index is -1.70. The minimum Gasteiger partial charge on any atom is -0.486 e. The molecule has 5 rings (SSSR count). The maximum absolute atomic E-state index is 13.9. The van der Waals surface area contributed by atoms with Crippen LogP contribution in [-0.4, -0.2) is 29.1 Å². The van der Waals surface area contributed by atoms with Crippen LogP contribution in [0.25, 0.3) is 22.4 Å². The van der Waals surface area contributed by atoms with Crippen molar-refractivity contribution in [3.63, 3.8) is 0 Å². The quantitative estimate of drug-likeness (QED) is 0.468. The molecule has 0 unspecified atom stereocenters. The summed E-state index contributed by atoms with van der Waals surface area (Å²) >= 11 is 0. The number of amides is 1. The van der Waals surface area contributed by atoms with Crippen LogP contribution in [0.1, 0.15) is 10.4 Å². The fraction of sp³-hybridized carbons (Fsp3) is 0.0909. The molecule has 0 bridgehead atoms. The van der Waals surface area contributed by atoms with Crippen LogP contribution in [-0.2, 0) is 0 Å². The van der Waals surface area contributed by atoms with Crippen LogP contribution in [0.2, 0.25) is 0 Å². The highest BCUT2D eigenvalue weighted by molar-refractivity contribution is 6.04. The van der Waals surface area contributed by atoms with E-state index in [-0.39, 0.29) is 0 Å². The van der Waals surface area contributed by atoms with E-state index in [1.54, 1.807) is 36.4 Å². The van der Waals surface area contributed by atoms with Crippen molar-refractivity contribution in [3.8, 4) is 22.9 Å². The van der Waals surface area contributed by atoms with E-state index >= 15 is 0 Å². The Bertz CT molecular complexity index is 1290. The summed E-state index contributed by atoms with van der Waals surface area (Å²) < 4.78 is 51.6. The summed E-state index contributed by atoms with van der Waals surface area (Å²) in [6.07, 6.45) is 0. The standard InChI is InChI=1S/C22H14F3N3O3/c23-14-5-4-13(19(24)20(14)25)22(29)26-12-3-1-2-11(8-12)21-27-15-9-17-18(10-16(15)28-21)31-7-6-30-17/h1-5,8-10H,6-7H2,(H,26,29)(H,27,28). The van der Waals surface area contributed by atoms with E-state index in [4.69, 9.17) is 9.47 Å². The van der Waals surface area contributed by atoms with E-state index in [1.807, 2.05) is 0 Å². The van der Waals surface area contributed by atoms with Gasteiger partial charge in [-0.25, -0.2) is 18.2 Å². The topological polar surface area (TPSA) is 76.2 Å². The molecule has 0 fully saturated rings. The Morgan fingerprint density at radius 1 is 0.968 bits per heavy atom. The number of hydrogen-bond donors (Lipinski definition) is 2. The van der Waals surface area contributed by atoms with Gasteiger partial charge in [-0.1, -0.05) is 12.1 Å². The number of rotatable bonds is 3. The lowest BCUT2D eigenvalue weighted by molar-refractivity contribution is 0.102. The van der Waals surface area contributed by atoms with Gasteiger partial charge in [0.05, 0.1) is 16.6 Å². The van der Waals surface area contributed by atoms with Crippen molar-refractivity contribution >= 4 is 22.6 Å². The molecule has 6 nitrogen and oxygen atoms in total. The number of fused-ring (bicyclic) bond motifs is 2. The molecule has 0 radical (unpaired) electrons. The molecule has 156 valence electrons. The van der Waals surface area contributed by atoms with E-state index in [1.165, 1.54) is 0 Å². The molecule has 1 amide bonds. The van der Waals surface area contributed by atoms with Gasteiger partial charge in [-0.3, -0.25) is 4.79 Å². The van der Waals surface area contributed by atoms with Crippen LogP contribution in [0, 0.1) is 17.5 Å². The number of benzene rings is 3. The fourth-order valence-corrected chi connectivity index (χ4v) is 3.33. The lowest BCUT2D eigenvalue weighted by Crippen LogP contribution is -2.15. The molecule has 1 aromatic heterocycles. The van der Waals surface area contributed by atoms with Crippen LogP contribution in [0.5, 0.6) is 11.5 Å². The number of nitrogens with one attached hydrogen (secondary N) is 2. The largest absolute Gasteiger partial charge is 0.486 e. The third-order valence-electron chi connectivity index (χ3n) is 4.82. The molecule has 31 heavy (non-hydrogen) atoms. The summed E-state index contributed by atoms with van der Waals surface area (Å²) in [7, 11) is 0. The Morgan fingerprint density at radius 2 is 1.74 bits per heavy atom. The van der Waals surface area contributed by atoms with E-state index < -0.39 is 28.9 Å². The zero-order valence-corrected chi connectivity index (χ0v) is 15.8. The SMILES string of the molecule is O=C(Nc1cccc(-c2nc3cc4c(cc3[nH]2)OCCO4)c1)c1ccc(F)c(F)c1F. The Labute approximate surface area is 173 Å². The second kappa shape index (κ2) is 7.35. The molecule has 3 aromatic carbocycles. The number of carbonyl (C=O) groups excluding carboxylic acids is 1. The average molecular weight is 425 g/mol. The molecule has 0 atom stereocenters. The van der Waals surface area contributed by atoms with Crippen LogP contribution < -0.4 is 14.8 Å². The first-order valence-electron chi connectivity index (χ1n) is 9.34. The maximum Gasteiger partial charge on any atom is 0.258 e. The lowest BCUT2D eigenvalue weighted by Gasteiger charge is -2.17. The van der Waals surface area contributed by atoms with Crippen molar-refractivity contribution in [1.29, 1.82) is 0 Å². The van der Waals surface area contributed by atoms with Gasteiger partial charge in [-0.2, -0.15) is 0 Å². The van der Waals surface area contributed by atoms with E-state index in [9.17, 15) is 18.0 Å². The van der Waals surface area contributed by atoms with Gasteiger partial charge in [-0.15, -0.1) is 0 Å². The first kappa shape index (κ1) is 19.0. The molecule has 1 aliphatic rings. The molecular formula is C22H14F3N3O3. The zero-order chi connectivity index (χ0) is 21.5. The summed E-state index contributed by atoms with van der Waals surface area (Å²) in [5.74, 6) is -3.72. The molecule has 4 aromatic rings. The second-order valence-electron chi connectivity index (χ2n) is 6.86. The van der Waals surface area contributed by atoms with Crippen LogP contribution in [0.15, 0.2) is 48.5 Å². The third kappa shape index (κ3) is 3.43. The van der Waals surface area contributed by atoms with Gasteiger partial charge in [0, 0.05) is 23.4 Å². The minimum absolute atomic E-state index is 0.332. The number of anilines is 1. The predicted octanol–water partition coefficient (Wildman–Crippen LogP) is 4.67. The molecule has 0 saturated carbocycles. The van der Waals surface area contributed by atoms with Crippen LogP contribution in [0.4, 0.5) is 18.9 Å². The number of H-pyrrole nitrogens is 1. The number of aromatic amines is 1. The molecule has 0 aliphatic carbocycles. The number of imidazole rings is 1. The number of nitrogens with zero attached hydrogens (tertiary/aromatic N) is 1. The fourth-order valence-electron chi connectivity index (χ4n) is 3.33. The Morgan fingerprint density at radius 3 is 2.55 bits per heavy atom. The van der Waals surface area contributed by atoms with E-state index in [2.05, 4.69) is 15.3 Å². The summed E-state index contributed by atoms with van der Waals surface area (Å²) in [5.41, 5.74) is 1.81. The highest BCUT2D eigenvalue weighted by Gasteiger charge is 2.19. The summed E-state index contributed by atoms with van der Waals surface area (Å²) in [4.78, 5) is 20.1. The third-order valence-corrected chi connectivity index (χ3v) is 4.82. The van der Waals surface area contributed by atoms with Gasteiger partial charge >= 0.3 is 0 Å². The monoisotopic (exact) mass is 425 g/mol. The number of hydrogen-bond acceptors (Lipinski definition) is 4. The summed E-state index contributed by atoms with van der Waals surface area (Å²) in [5, 5.41) is 2.48. The second-order valence-corrected chi connectivity index (χ2v) is 6.86. The van der Waals surface area contributed by atoms with Gasteiger partial charge in [-0.05, 0) is 24.3 Å². The average Bonchev–Trinajstić information content (AvgIpc) is 3.19. The van der Waals surface area contributed by atoms with Gasteiger partial charge in [0.1, 0.15) is 19.0 Å². The highest BCUT2D eigenvalue weighted by Crippen LogP contribution is 2.35. The van der Waals surface area contributed by atoms with Crippen molar-refractivity contribution in [2.45, 2.75) is 0 Å². The van der Waals surface area contributed by atoms with E-state index in [0.29, 0.717) is 53.4 Å². The Kier molecular flexibility index (Phi) is 4.50. The molecule has 0 spiro atoms. The van der Waals surface area contributed by atoms with Gasteiger partial charge in [0.2, 0.25) is 0 Å². The molecule has 1 aliphatic heterocycles. The van der Waals surface area contributed by atoms with Crippen LogP contribution >= 0.6 is 0 Å². The number of ether oxygens (including phenoxy) is 2. The molecule has 9 heteroatoms. The van der Waals surface area contributed by atoms with Gasteiger partial charge in [0.15, 0.2) is 29.0 Å². The van der Waals surface area contributed by atoms with Crippen LogP contribution in [0.3, 0.4) is 0 Å². The highest BCUT2D eigenvalue weighted by atomic mass is 19.2. The van der Waals surface area contributed by atoms with Crippen molar-refractivity contribution < 1.29 is 27.4 Å². The molecule has 2 N–H and O–H groups in total. The lowest BCUT2D eigenvalue weighted by atomic mass is 10.1. The van der Waals surface area contributed by atoms with Crippen molar-refractivity contribution in [2.24, 2.45) is 0 Å². The maximum atomic E-state index is 13.9. The van der Waals surface area contributed by atoms with E-state index in [0.717, 1.165) is 11.6 Å². The summed E-state index contributed by atoms with van der Waals surface area (Å²) in [6.45, 7) is 0.940. The summed E-state index contributed by atoms with van der Waals surface area (Å²) in [6, 6.07) is 11.8. The van der Waals surface area contributed by atoms with Crippen molar-refractivity contribution in [1.82, 2.24) is 9.97 Å². The van der Waals surface area contributed by atoms with Gasteiger partial charge in [0.25, 0.3) is 5.91 Å². The Balaban J connectivity index is 1.44. The number of halogens is 3. The smallest absolute Gasteiger partial charge is 0.258 e. The number of carbonyl (C=O) groups is 1. The van der Waals surface area contributed by atoms with Crippen molar-refractivity contribution in [2.75, 3.05) is 18.5 Å². The molecule has 0 saturated heterocycles.